The topological polar surface area (TPSA) is 95.0 Å². The number of aryl methyl sites for hydroxylation is 1. The van der Waals surface area contributed by atoms with Crippen LogP contribution in [0.4, 0.5) is 17.5 Å². The van der Waals surface area contributed by atoms with E-state index in [0.717, 1.165) is 79.8 Å². The van der Waals surface area contributed by atoms with Crippen LogP contribution in [0.1, 0.15) is 37.8 Å². The van der Waals surface area contributed by atoms with E-state index in [1.165, 1.54) is 0 Å². The SMILES string of the molecule is Cc1cc(NCCCNc2ccnc3cc(Cl)ccc23)nc(NCCCCCCO)n1. The molecule has 0 unspecified atom stereocenters. The molecule has 0 saturated carbocycles. The number of aliphatic hydroxyl groups excluding tert-OH is 1. The Balaban J connectivity index is 1.42. The third-order valence-corrected chi connectivity index (χ3v) is 5.14. The number of nitrogens with zero attached hydrogens (tertiary/aromatic N) is 3. The minimum absolute atomic E-state index is 0.271. The number of hydrogen-bond acceptors (Lipinski definition) is 7. The Bertz CT molecular complexity index is 968. The molecule has 2 heterocycles. The quantitative estimate of drug-likeness (QED) is 0.280. The molecule has 0 bridgehead atoms. The summed E-state index contributed by atoms with van der Waals surface area (Å²) >= 11 is 6.06. The fourth-order valence-corrected chi connectivity index (χ4v) is 3.50. The Morgan fingerprint density at radius 3 is 2.55 bits per heavy atom. The van der Waals surface area contributed by atoms with Crippen LogP contribution in [0.2, 0.25) is 5.02 Å². The first-order chi connectivity index (χ1) is 15.2. The summed E-state index contributed by atoms with van der Waals surface area (Å²) in [7, 11) is 0. The Morgan fingerprint density at radius 1 is 0.871 bits per heavy atom. The average molecular weight is 443 g/mol. The van der Waals surface area contributed by atoms with Gasteiger partial charge in [0.2, 0.25) is 5.95 Å². The zero-order valence-electron chi connectivity index (χ0n) is 18.0. The van der Waals surface area contributed by atoms with Gasteiger partial charge >= 0.3 is 0 Å². The van der Waals surface area contributed by atoms with Crippen LogP contribution >= 0.6 is 11.6 Å². The third kappa shape index (κ3) is 7.52. The summed E-state index contributed by atoms with van der Waals surface area (Å²) in [5.74, 6) is 1.49. The van der Waals surface area contributed by atoms with Gasteiger partial charge in [0.05, 0.1) is 5.52 Å². The van der Waals surface area contributed by atoms with Gasteiger partial charge in [-0.25, -0.2) is 4.98 Å². The lowest BCUT2D eigenvalue weighted by atomic mass is 10.2. The van der Waals surface area contributed by atoms with Crippen molar-refractivity contribution in [3.05, 3.63) is 47.2 Å². The Morgan fingerprint density at radius 2 is 1.68 bits per heavy atom. The number of rotatable bonds is 13. The molecule has 0 atom stereocenters. The van der Waals surface area contributed by atoms with E-state index in [1.54, 1.807) is 6.20 Å². The van der Waals surface area contributed by atoms with E-state index in [9.17, 15) is 0 Å². The van der Waals surface area contributed by atoms with Gasteiger partial charge in [-0.05, 0) is 50.5 Å². The van der Waals surface area contributed by atoms with Crippen LogP contribution in [-0.4, -0.2) is 46.3 Å². The minimum atomic E-state index is 0.271. The van der Waals surface area contributed by atoms with Gasteiger partial charge in [-0.3, -0.25) is 4.98 Å². The summed E-state index contributed by atoms with van der Waals surface area (Å²) in [6, 6.07) is 9.70. The molecule has 0 aliphatic carbocycles. The van der Waals surface area contributed by atoms with Gasteiger partial charge in [0, 0.05) is 60.3 Å². The van der Waals surface area contributed by atoms with Gasteiger partial charge in [-0.15, -0.1) is 0 Å². The van der Waals surface area contributed by atoms with Crippen molar-refractivity contribution in [2.75, 3.05) is 42.2 Å². The zero-order valence-corrected chi connectivity index (χ0v) is 18.8. The molecule has 0 aliphatic rings. The monoisotopic (exact) mass is 442 g/mol. The smallest absolute Gasteiger partial charge is 0.224 e. The van der Waals surface area contributed by atoms with Crippen molar-refractivity contribution in [3.8, 4) is 0 Å². The number of fused-ring (bicyclic) bond motifs is 1. The summed E-state index contributed by atoms with van der Waals surface area (Å²) in [6.45, 7) is 4.72. The molecular weight excluding hydrogens is 412 g/mol. The summed E-state index contributed by atoms with van der Waals surface area (Å²) in [5.41, 5.74) is 2.88. The second-order valence-corrected chi connectivity index (χ2v) is 7.95. The largest absolute Gasteiger partial charge is 0.396 e. The lowest BCUT2D eigenvalue weighted by Gasteiger charge is -2.11. The van der Waals surface area contributed by atoms with Gasteiger partial charge in [0.1, 0.15) is 5.82 Å². The van der Waals surface area contributed by atoms with Crippen molar-refractivity contribution >= 4 is 40.0 Å². The average Bonchev–Trinajstić information content (AvgIpc) is 2.75. The summed E-state index contributed by atoms with van der Waals surface area (Å²) < 4.78 is 0. The predicted octanol–water partition coefficient (Wildman–Crippen LogP) is 4.87. The molecule has 1 aromatic carbocycles. The summed E-state index contributed by atoms with van der Waals surface area (Å²) in [5, 5.41) is 20.7. The molecule has 3 rings (SSSR count). The molecule has 0 radical (unpaired) electrons. The molecule has 2 aromatic heterocycles. The first-order valence-electron chi connectivity index (χ1n) is 10.9. The molecule has 0 amide bonds. The highest BCUT2D eigenvalue weighted by Crippen LogP contribution is 2.24. The van der Waals surface area contributed by atoms with E-state index in [0.29, 0.717) is 11.0 Å². The van der Waals surface area contributed by atoms with Crippen LogP contribution in [0.25, 0.3) is 10.9 Å². The number of anilines is 3. The summed E-state index contributed by atoms with van der Waals surface area (Å²) in [4.78, 5) is 13.4. The van der Waals surface area contributed by atoms with E-state index in [1.807, 2.05) is 37.3 Å². The van der Waals surface area contributed by atoms with Crippen LogP contribution in [-0.2, 0) is 0 Å². The van der Waals surface area contributed by atoms with Crippen LogP contribution in [0.15, 0.2) is 36.5 Å². The van der Waals surface area contributed by atoms with Gasteiger partial charge in [-0.1, -0.05) is 24.4 Å². The van der Waals surface area contributed by atoms with E-state index < -0.39 is 0 Å². The number of benzene rings is 1. The highest BCUT2D eigenvalue weighted by Gasteiger charge is 2.04. The molecule has 4 N–H and O–H groups in total. The van der Waals surface area contributed by atoms with Gasteiger partial charge in [0.15, 0.2) is 0 Å². The van der Waals surface area contributed by atoms with Crippen molar-refractivity contribution in [1.82, 2.24) is 15.0 Å². The van der Waals surface area contributed by atoms with Crippen LogP contribution in [0.3, 0.4) is 0 Å². The van der Waals surface area contributed by atoms with Crippen LogP contribution in [0.5, 0.6) is 0 Å². The Kier molecular flexibility index (Phi) is 9.12. The highest BCUT2D eigenvalue weighted by molar-refractivity contribution is 6.31. The number of nitrogens with one attached hydrogen (secondary N) is 3. The first-order valence-corrected chi connectivity index (χ1v) is 11.3. The third-order valence-electron chi connectivity index (χ3n) is 4.90. The van der Waals surface area contributed by atoms with E-state index >= 15 is 0 Å². The predicted molar refractivity (Wildman–Crippen MR) is 129 cm³/mol. The molecule has 0 saturated heterocycles. The number of pyridine rings is 1. The minimum Gasteiger partial charge on any atom is -0.396 e. The number of aliphatic hydroxyl groups is 1. The maximum absolute atomic E-state index is 8.82. The van der Waals surface area contributed by atoms with Gasteiger partial charge in [-0.2, -0.15) is 4.98 Å². The standard InChI is InChI=1S/C23H31ClN6O/c1-17-15-22(30-23(29-17)28-10-4-2-3-5-14-31)27-12-6-11-25-20-9-13-26-21-16-18(24)7-8-19(20)21/h7-9,13,15-16,31H,2-6,10-12,14H2,1H3,(H,25,26)(H2,27,28,29,30). The fourth-order valence-electron chi connectivity index (χ4n) is 3.33. The molecule has 3 aromatic rings. The lowest BCUT2D eigenvalue weighted by molar-refractivity contribution is 0.283. The van der Waals surface area contributed by atoms with Gasteiger partial charge in [0.25, 0.3) is 0 Å². The first kappa shape index (κ1) is 23.0. The molecule has 7 nitrogen and oxygen atoms in total. The molecule has 0 aliphatic heterocycles. The van der Waals surface area contributed by atoms with E-state index in [-0.39, 0.29) is 6.61 Å². The maximum atomic E-state index is 8.82. The molecule has 0 spiro atoms. The maximum Gasteiger partial charge on any atom is 0.224 e. The number of hydrogen-bond donors (Lipinski definition) is 4. The van der Waals surface area contributed by atoms with Crippen molar-refractivity contribution < 1.29 is 5.11 Å². The highest BCUT2D eigenvalue weighted by atomic mass is 35.5. The zero-order chi connectivity index (χ0) is 21.9. The summed E-state index contributed by atoms with van der Waals surface area (Å²) in [6.07, 6.45) is 6.80. The molecule has 31 heavy (non-hydrogen) atoms. The fraction of sp³-hybridized carbons (Fsp3) is 0.435. The number of halogens is 1. The second-order valence-electron chi connectivity index (χ2n) is 7.51. The Labute approximate surface area is 188 Å². The van der Waals surface area contributed by atoms with Crippen molar-refractivity contribution in [2.24, 2.45) is 0 Å². The molecule has 0 fully saturated rings. The lowest BCUT2D eigenvalue weighted by Crippen LogP contribution is -2.12. The molecule has 8 heteroatoms. The normalized spacial score (nSPS) is 10.9. The molecule has 166 valence electrons. The van der Waals surface area contributed by atoms with E-state index in [4.69, 9.17) is 16.7 Å². The van der Waals surface area contributed by atoms with Crippen LogP contribution in [0, 0.1) is 6.92 Å². The Hall–Kier alpha value is -2.64. The van der Waals surface area contributed by atoms with Crippen molar-refractivity contribution in [2.45, 2.75) is 39.0 Å². The van der Waals surface area contributed by atoms with Crippen LogP contribution < -0.4 is 16.0 Å². The van der Waals surface area contributed by atoms with Gasteiger partial charge < -0.3 is 21.1 Å². The van der Waals surface area contributed by atoms with E-state index in [2.05, 4.69) is 30.9 Å². The second kappa shape index (κ2) is 12.3. The van der Waals surface area contributed by atoms with Crippen molar-refractivity contribution in [3.63, 3.8) is 0 Å². The number of aromatic nitrogens is 3. The molecular formula is C23H31ClN6O. The van der Waals surface area contributed by atoms with Crippen molar-refractivity contribution in [1.29, 1.82) is 0 Å². The number of unbranched alkanes of at least 4 members (excludes halogenated alkanes) is 3.